The number of aromatic amines is 1. The number of fused-ring (bicyclic) bond motifs is 1. The lowest BCUT2D eigenvalue weighted by atomic mass is 10.1. The van der Waals surface area contributed by atoms with Crippen LogP contribution in [0.2, 0.25) is 0 Å². The van der Waals surface area contributed by atoms with Crippen molar-refractivity contribution in [2.75, 3.05) is 12.8 Å². The van der Waals surface area contributed by atoms with E-state index in [2.05, 4.69) is 24.1 Å². The average molecular weight is 197 g/mol. The molecule has 2 heterocycles. The number of nitrogens with one attached hydrogen (secondary N) is 1. The zero-order chi connectivity index (χ0) is 9.26. The molecule has 4 nitrogen and oxygen atoms in total. The highest BCUT2D eigenvalue weighted by atomic mass is 31.0. The molecule has 1 atom stereocenters. The lowest BCUT2D eigenvalue weighted by Crippen LogP contribution is -2.34. The van der Waals surface area contributed by atoms with Gasteiger partial charge in [0.2, 0.25) is 0 Å². The van der Waals surface area contributed by atoms with E-state index < -0.39 is 0 Å². The molecular weight excluding hydrogens is 185 g/mol. The van der Waals surface area contributed by atoms with Crippen LogP contribution in [-0.2, 0) is 13.0 Å². The summed E-state index contributed by atoms with van der Waals surface area (Å²) in [6, 6.07) is 0. The molecule has 0 radical (unpaired) electrons. The fourth-order valence-electron chi connectivity index (χ4n) is 1.57. The van der Waals surface area contributed by atoms with Crippen molar-refractivity contribution in [3.05, 3.63) is 27.9 Å². The van der Waals surface area contributed by atoms with Crippen LogP contribution < -0.4 is 5.56 Å². The predicted octanol–water partition coefficient (Wildman–Crippen LogP) is -0.0394. The van der Waals surface area contributed by atoms with Crippen molar-refractivity contribution < 1.29 is 0 Å². The molecule has 1 unspecified atom stereocenters. The predicted molar refractivity (Wildman–Crippen MR) is 53.5 cm³/mol. The average Bonchev–Trinajstić information content (AvgIpc) is 2.18. The van der Waals surface area contributed by atoms with Gasteiger partial charge in [0.1, 0.15) is 0 Å². The maximum Gasteiger partial charge on any atom is 0.255 e. The minimum atomic E-state index is 0.00755. The van der Waals surface area contributed by atoms with Crippen molar-refractivity contribution in [1.29, 1.82) is 0 Å². The summed E-state index contributed by atoms with van der Waals surface area (Å²) in [6.45, 7) is 1.72. The molecule has 1 aliphatic rings. The third-order valence-electron chi connectivity index (χ3n) is 2.34. The van der Waals surface area contributed by atoms with Crippen LogP contribution in [0.1, 0.15) is 11.3 Å². The van der Waals surface area contributed by atoms with E-state index in [-0.39, 0.29) is 5.56 Å². The molecule has 0 saturated heterocycles. The van der Waals surface area contributed by atoms with E-state index in [1.54, 1.807) is 0 Å². The minimum absolute atomic E-state index is 0.00755. The third-order valence-corrected chi connectivity index (χ3v) is 2.86. The van der Waals surface area contributed by atoms with Crippen LogP contribution in [0.25, 0.3) is 0 Å². The zero-order valence-corrected chi connectivity index (χ0v) is 8.44. The van der Waals surface area contributed by atoms with Crippen LogP contribution in [-0.4, -0.2) is 27.7 Å². The Bertz CT molecular complexity index is 363. The van der Waals surface area contributed by atoms with Gasteiger partial charge in [-0.3, -0.25) is 9.69 Å². The summed E-state index contributed by atoms with van der Waals surface area (Å²) >= 11 is 0. The highest BCUT2D eigenvalue weighted by Crippen LogP contribution is 2.12. The van der Waals surface area contributed by atoms with Gasteiger partial charge in [-0.2, -0.15) is 0 Å². The summed E-state index contributed by atoms with van der Waals surface area (Å²) in [7, 11) is 2.67. The molecule has 1 aromatic rings. The topological polar surface area (TPSA) is 49.0 Å². The van der Waals surface area contributed by atoms with Crippen LogP contribution in [0.15, 0.2) is 11.1 Å². The highest BCUT2D eigenvalue weighted by Gasteiger charge is 2.17. The molecule has 1 aliphatic heterocycles. The number of hydrogen-bond acceptors (Lipinski definition) is 3. The summed E-state index contributed by atoms with van der Waals surface area (Å²) in [5.41, 5.74) is 1.79. The molecule has 0 fully saturated rings. The number of hydrogen-bond donors (Lipinski definition) is 1. The van der Waals surface area contributed by atoms with E-state index in [9.17, 15) is 4.79 Å². The fraction of sp³-hybridized carbons (Fsp3) is 0.500. The second-order valence-corrected chi connectivity index (χ2v) is 3.51. The Labute approximate surface area is 78.6 Å². The lowest BCUT2D eigenvalue weighted by molar-refractivity contribution is 0.294. The van der Waals surface area contributed by atoms with Crippen molar-refractivity contribution in [2.24, 2.45) is 0 Å². The van der Waals surface area contributed by atoms with Crippen molar-refractivity contribution >= 4 is 9.24 Å². The van der Waals surface area contributed by atoms with Gasteiger partial charge in [0.15, 0.2) is 0 Å². The SMILES string of the molecule is O=c1[nH]cnc2c1CN(CP)CC2. The molecule has 13 heavy (non-hydrogen) atoms. The molecule has 0 aromatic carbocycles. The smallest absolute Gasteiger partial charge is 0.255 e. The van der Waals surface area contributed by atoms with Crippen LogP contribution in [0.5, 0.6) is 0 Å². The van der Waals surface area contributed by atoms with E-state index >= 15 is 0 Å². The second kappa shape index (κ2) is 3.56. The Balaban J connectivity index is 2.38. The second-order valence-electron chi connectivity index (χ2n) is 3.14. The Morgan fingerprint density at radius 2 is 2.54 bits per heavy atom. The first kappa shape index (κ1) is 8.85. The van der Waals surface area contributed by atoms with Gasteiger partial charge in [-0.05, 0) is 0 Å². The normalized spacial score (nSPS) is 17.0. The van der Waals surface area contributed by atoms with Crippen LogP contribution in [0.4, 0.5) is 0 Å². The quantitative estimate of drug-likeness (QED) is 0.643. The highest BCUT2D eigenvalue weighted by molar-refractivity contribution is 7.16. The largest absolute Gasteiger partial charge is 0.313 e. The number of H-pyrrole nitrogens is 1. The van der Waals surface area contributed by atoms with Gasteiger partial charge in [-0.25, -0.2) is 4.98 Å². The summed E-state index contributed by atoms with van der Waals surface area (Å²) < 4.78 is 0. The number of aromatic nitrogens is 2. The zero-order valence-electron chi connectivity index (χ0n) is 7.29. The van der Waals surface area contributed by atoms with Crippen LogP contribution in [0.3, 0.4) is 0 Å². The molecule has 2 rings (SSSR count). The summed E-state index contributed by atoms with van der Waals surface area (Å²) in [5, 5.41) is 0. The van der Waals surface area contributed by atoms with Gasteiger partial charge in [-0.1, -0.05) is 0 Å². The molecule has 1 aromatic heterocycles. The van der Waals surface area contributed by atoms with Gasteiger partial charge >= 0.3 is 0 Å². The first-order valence-corrected chi connectivity index (χ1v) is 5.11. The number of rotatable bonds is 1. The summed E-state index contributed by atoms with van der Waals surface area (Å²) in [4.78, 5) is 20.4. The summed E-state index contributed by atoms with van der Waals surface area (Å²) in [5.74, 6) is 0. The molecule has 70 valence electrons. The standard InChI is InChI=1S/C8H12N3OP/c12-8-6-3-11(5-13)2-1-7(6)9-4-10-8/h4H,1-3,5,13H2,(H,9,10,12). The molecule has 0 amide bonds. The maximum atomic E-state index is 11.4. The van der Waals surface area contributed by atoms with E-state index in [4.69, 9.17) is 0 Å². The first-order chi connectivity index (χ1) is 6.31. The van der Waals surface area contributed by atoms with Crippen molar-refractivity contribution in [3.8, 4) is 0 Å². The Hall–Kier alpha value is -0.730. The molecule has 0 spiro atoms. The van der Waals surface area contributed by atoms with Gasteiger partial charge < -0.3 is 4.98 Å². The summed E-state index contributed by atoms with van der Waals surface area (Å²) in [6.07, 6.45) is 3.28. The van der Waals surface area contributed by atoms with E-state index in [0.717, 1.165) is 37.1 Å². The molecule has 0 saturated carbocycles. The van der Waals surface area contributed by atoms with Crippen molar-refractivity contribution in [2.45, 2.75) is 13.0 Å². The van der Waals surface area contributed by atoms with Crippen LogP contribution >= 0.6 is 9.24 Å². The van der Waals surface area contributed by atoms with E-state index in [0.29, 0.717) is 0 Å². The first-order valence-electron chi connectivity index (χ1n) is 4.29. The minimum Gasteiger partial charge on any atom is -0.313 e. The maximum absolute atomic E-state index is 11.4. The van der Waals surface area contributed by atoms with Gasteiger partial charge in [-0.15, -0.1) is 9.24 Å². The molecule has 0 aliphatic carbocycles. The van der Waals surface area contributed by atoms with Gasteiger partial charge in [0, 0.05) is 25.8 Å². The molecule has 1 N–H and O–H groups in total. The van der Waals surface area contributed by atoms with E-state index in [1.165, 1.54) is 6.33 Å². The fourth-order valence-corrected chi connectivity index (χ4v) is 1.88. The molecular formula is C8H12N3OP. The molecule has 0 bridgehead atoms. The van der Waals surface area contributed by atoms with Crippen LogP contribution in [0, 0.1) is 0 Å². The Morgan fingerprint density at radius 3 is 3.31 bits per heavy atom. The van der Waals surface area contributed by atoms with Crippen molar-refractivity contribution in [1.82, 2.24) is 14.9 Å². The van der Waals surface area contributed by atoms with Gasteiger partial charge in [0.05, 0.1) is 17.6 Å². The molecule has 5 heteroatoms. The third kappa shape index (κ3) is 1.64. The van der Waals surface area contributed by atoms with Crippen molar-refractivity contribution in [3.63, 3.8) is 0 Å². The number of nitrogens with zero attached hydrogens (tertiary/aromatic N) is 2. The monoisotopic (exact) mass is 197 g/mol. The Morgan fingerprint density at radius 1 is 1.69 bits per heavy atom. The van der Waals surface area contributed by atoms with E-state index in [1.807, 2.05) is 0 Å². The Kier molecular flexibility index (Phi) is 2.42. The lowest BCUT2D eigenvalue weighted by Gasteiger charge is -2.25. The van der Waals surface area contributed by atoms with Gasteiger partial charge in [0.25, 0.3) is 5.56 Å².